The smallest absolute Gasteiger partial charge is 0.124 e. The lowest BCUT2D eigenvalue weighted by atomic mass is 10.1. The third kappa shape index (κ3) is 2.74. The molecular formula is C18H23OP. The largest absolute Gasteiger partial charge is 0.496 e. The minimum atomic E-state index is -0.275. The normalized spacial score (nSPS) is 12.2. The first-order valence-electron chi connectivity index (χ1n) is 7.07. The van der Waals surface area contributed by atoms with Gasteiger partial charge in [-0.3, -0.25) is 0 Å². The number of ether oxygens (including phenoxy) is 1. The topological polar surface area (TPSA) is 9.23 Å². The fraction of sp³-hybridized carbons (Fsp3) is 0.333. The zero-order chi connectivity index (χ0) is 14.7. The summed E-state index contributed by atoms with van der Waals surface area (Å²) in [7, 11) is 1.48. The van der Waals surface area contributed by atoms with Crippen LogP contribution in [0.15, 0.2) is 36.4 Å². The zero-order valence-corrected chi connectivity index (χ0v) is 13.9. The molecule has 2 aromatic carbocycles. The molecule has 0 aromatic heterocycles. The summed E-state index contributed by atoms with van der Waals surface area (Å²) in [5.41, 5.74) is 3.89. The second-order valence-electron chi connectivity index (χ2n) is 5.08. The minimum absolute atomic E-state index is 0.275. The Morgan fingerprint density at radius 2 is 1.65 bits per heavy atom. The molecule has 0 N–H and O–H groups in total. The van der Waals surface area contributed by atoms with Gasteiger partial charge in [-0.05, 0) is 68.2 Å². The van der Waals surface area contributed by atoms with Crippen molar-refractivity contribution >= 4 is 18.5 Å². The van der Waals surface area contributed by atoms with Crippen molar-refractivity contribution in [3.05, 3.63) is 53.1 Å². The number of methoxy groups -OCH3 is 1. The molecule has 0 bridgehead atoms. The van der Waals surface area contributed by atoms with Crippen LogP contribution in [0, 0.1) is 20.8 Å². The van der Waals surface area contributed by atoms with Gasteiger partial charge in [0.1, 0.15) is 5.75 Å². The maximum atomic E-state index is 5.54. The van der Waals surface area contributed by atoms with Crippen LogP contribution in [0.3, 0.4) is 0 Å². The maximum Gasteiger partial charge on any atom is 0.124 e. The lowest BCUT2D eigenvalue weighted by molar-refractivity contribution is 0.408. The highest BCUT2D eigenvalue weighted by Crippen LogP contribution is 2.37. The standard InChI is InChI=1S/C18H23OP/c1-6-20(16-10-8-7-9-11-16)17-12-13(2)18(19-5)15(4)14(17)3/h7-12H,6H2,1-5H3/t20-/m0/s1. The number of benzene rings is 2. The van der Waals surface area contributed by atoms with E-state index in [1.54, 1.807) is 7.11 Å². The summed E-state index contributed by atoms with van der Waals surface area (Å²) in [6, 6.07) is 13.2. The van der Waals surface area contributed by atoms with E-state index in [0.717, 1.165) is 5.75 Å². The molecule has 0 aliphatic carbocycles. The Morgan fingerprint density at radius 3 is 2.20 bits per heavy atom. The van der Waals surface area contributed by atoms with Crippen LogP contribution in [0.4, 0.5) is 0 Å². The Morgan fingerprint density at radius 1 is 1.00 bits per heavy atom. The van der Waals surface area contributed by atoms with Crippen molar-refractivity contribution in [1.29, 1.82) is 0 Å². The molecule has 106 valence electrons. The highest BCUT2D eigenvalue weighted by molar-refractivity contribution is 7.73. The van der Waals surface area contributed by atoms with Crippen molar-refractivity contribution < 1.29 is 4.74 Å². The van der Waals surface area contributed by atoms with Crippen molar-refractivity contribution in [3.63, 3.8) is 0 Å². The van der Waals surface area contributed by atoms with Crippen LogP contribution >= 0.6 is 7.92 Å². The molecule has 20 heavy (non-hydrogen) atoms. The predicted molar refractivity (Wildman–Crippen MR) is 90.4 cm³/mol. The summed E-state index contributed by atoms with van der Waals surface area (Å²) in [5.74, 6) is 1.03. The quantitative estimate of drug-likeness (QED) is 0.770. The van der Waals surface area contributed by atoms with Gasteiger partial charge in [0.25, 0.3) is 0 Å². The Hall–Kier alpha value is -1.33. The molecule has 0 aliphatic heterocycles. The van der Waals surface area contributed by atoms with E-state index < -0.39 is 0 Å². The molecule has 2 heteroatoms. The fourth-order valence-electron chi connectivity index (χ4n) is 2.73. The molecule has 0 saturated carbocycles. The lowest BCUT2D eigenvalue weighted by Crippen LogP contribution is -2.18. The van der Waals surface area contributed by atoms with E-state index in [2.05, 4.69) is 64.1 Å². The number of hydrogen-bond donors (Lipinski definition) is 0. The van der Waals surface area contributed by atoms with Gasteiger partial charge in [-0.15, -0.1) is 0 Å². The van der Waals surface area contributed by atoms with Crippen molar-refractivity contribution in [2.45, 2.75) is 27.7 Å². The maximum absolute atomic E-state index is 5.54. The third-order valence-corrected chi connectivity index (χ3v) is 6.48. The van der Waals surface area contributed by atoms with Gasteiger partial charge in [-0.1, -0.05) is 37.3 Å². The molecule has 1 atom stereocenters. The van der Waals surface area contributed by atoms with Crippen molar-refractivity contribution in [2.24, 2.45) is 0 Å². The summed E-state index contributed by atoms with van der Waals surface area (Å²) in [6.07, 6.45) is 1.17. The van der Waals surface area contributed by atoms with Gasteiger partial charge < -0.3 is 4.74 Å². The van der Waals surface area contributed by atoms with Crippen molar-refractivity contribution in [2.75, 3.05) is 13.3 Å². The second-order valence-corrected chi connectivity index (χ2v) is 7.56. The van der Waals surface area contributed by atoms with Crippen LogP contribution in [0.2, 0.25) is 0 Å². The van der Waals surface area contributed by atoms with Gasteiger partial charge in [0.05, 0.1) is 7.11 Å². The molecule has 2 rings (SSSR count). The van der Waals surface area contributed by atoms with E-state index in [1.807, 2.05) is 0 Å². The van der Waals surface area contributed by atoms with Crippen LogP contribution in [0.5, 0.6) is 5.75 Å². The molecule has 0 radical (unpaired) electrons. The lowest BCUT2D eigenvalue weighted by Gasteiger charge is -2.22. The van der Waals surface area contributed by atoms with Gasteiger partial charge in [0.2, 0.25) is 0 Å². The van der Waals surface area contributed by atoms with Gasteiger partial charge in [0, 0.05) is 0 Å². The average molecular weight is 286 g/mol. The number of hydrogen-bond acceptors (Lipinski definition) is 1. The SMILES string of the molecule is CC[P@@](c1ccccc1)c1cc(C)c(OC)c(C)c1C. The number of aryl methyl sites for hydroxylation is 1. The minimum Gasteiger partial charge on any atom is -0.496 e. The van der Waals surface area contributed by atoms with E-state index in [0.29, 0.717) is 0 Å². The predicted octanol–water partition coefficient (Wildman–Crippen LogP) is 4.07. The van der Waals surface area contributed by atoms with E-state index in [-0.39, 0.29) is 7.92 Å². The molecule has 0 aliphatic rings. The average Bonchev–Trinajstić information content (AvgIpc) is 2.46. The molecule has 2 aromatic rings. The molecular weight excluding hydrogens is 263 g/mol. The highest BCUT2D eigenvalue weighted by Gasteiger charge is 2.18. The second kappa shape index (κ2) is 6.41. The fourth-order valence-corrected chi connectivity index (χ4v) is 5.17. The van der Waals surface area contributed by atoms with Crippen molar-refractivity contribution in [1.82, 2.24) is 0 Å². The Labute approximate surface area is 123 Å². The number of rotatable bonds is 4. The van der Waals surface area contributed by atoms with Crippen molar-refractivity contribution in [3.8, 4) is 5.75 Å². The van der Waals surface area contributed by atoms with E-state index in [1.165, 1.54) is 33.5 Å². The van der Waals surface area contributed by atoms with E-state index >= 15 is 0 Å². The highest BCUT2D eigenvalue weighted by atomic mass is 31.1. The molecule has 0 spiro atoms. The van der Waals surface area contributed by atoms with E-state index in [9.17, 15) is 0 Å². The van der Waals surface area contributed by atoms with Crippen LogP contribution in [0.1, 0.15) is 23.6 Å². The summed E-state index contributed by atoms with van der Waals surface area (Å²) in [6.45, 7) is 8.81. The molecule has 1 nitrogen and oxygen atoms in total. The summed E-state index contributed by atoms with van der Waals surface area (Å²) >= 11 is 0. The summed E-state index contributed by atoms with van der Waals surface area (Å²) in [4.78, 5) is 0. The Kier molecular flexibility index (Phi) is 4.83. The van der Waals surface area contributed by atoms with Crippen LogP contribution in [-0.2, 0) is 0 Å². The van der Waals surface area contributed by atoms with Gasteiger partial charge in [-0.25, -0.2) is 0 Å². The first-order chi connectivity index (χ1) is 9.60. The summed E-state index contributed by atoms with van der Waals surface area (Å²) < 4.78 is 5.54. The molecule has 0 fully saturated rings. The zero-order valence-electron chi connectivity index (χ0n) is 13.0. The molecule has 0 unspecified atom stereocenters. The first kappa shape index (κ1) is 15.1. The van der Waals surface area contributed by atoms with Crippen LogP contribution < -0.4 is 15.3 Å². The Bertz CT molecular complexity index is 590. The summed E-state index contributed by atoms with van der Waals surface area (Å²) in [5, 5.41) is 2.95. The molecule has 0 amide bonds. The van der Waals surface area contributed by atoms with Crippen LogP contribution in [-0.4, -0.2) is 13.3 Å². The van der Waals surface area contributed by atoms with Crippen LogP contribution in [0.25, 0.3) is 0 Å². The third-order valence-electron chi connectivity index (χ3n) is 3.88. The van der Waals surface area contributed by atoms with Gasteiger partial charge >= 0.3 is 0 Å². The molecule has 0 saturated heterocycles. The monoisotopic (exact) mass is 286 g/mol. The van der Waals surface area contributed by atoms with Gasteiger partial charge in [-0.2, -0.15) is 0 Å². The van der Waals surface area contributed by atoms with E-state index in [4.69, 9.17) is 4.74 Å². The Balaban J connectivity index is 2.57. The van der Waals surface area contributed by atoms with Gasteiger partial charge in [0.15, 0.2) is 0 Å². The first-order valence-corrected chi connectivity index (χ1v) is 8.60. The molecule has 0 heterocycles.